The van der Waals surface area contributed by atoms with Crippen LogP contribution in [0.2, 0.25) is 0 Å². The number of aldehydes is 1. The largest absolute Gasteiger partial charge is 0.457 e. The van der Waals surface area contributed by atoms with Gasteiger partial charge >= 0.3 is 0 Å². The second kappa shape index (κ2) is 4.57. The summed E-state index contributed by atoms with van der Waals surface area (Å²) in [5.74, 6) is 1.42. The molecule has 0 fully saturated rings. The average molecular weight is 213 g/mol. The van der Waals surface area contributed by atoms with Crippen LogP contribution in [0.4, 0.5) is 0 Å². The van der Waals surface area contributed by atoms with E-state index in [1.807, 2.05) is 24.3 Å². The fraction of sp³-hybridized carbons (Fsp3) is 0.0769. The molecule has 0 aliphatic rings. The molecule has 0 bridgehead atoms. The highest BCUT2D eigenvalue weighted by atomic mass is 16.3. The van der Waals surface area contributed by atoms with Crippen molar-refractivity contribution in [2.45, 2.75) is 6.92 Å². The van der Waals surface area contributed by atoms with Gasteiger partial charge < -0.3 is 4.42 Å². The molecular formula is C13H11NO2. The van der Waals surface area contributed by atoms with E-state index in [4.69, 9.17) is 4.42 Å². The summed E-state index contributed by atoms with van der Waals surface area (Å²) in [7, 11) is 0. The third-order valence-corrected chi connectivity index (χ3v) is 2.13. The van der Waals surface area contributed by atoms with Crippen molar-refractivity contribution in [1.82, 2.24) is 4.98 Å². The van der Waals surface area contributed by atoms with Crippen molar-refractivity contribution in [1.29, 1.82) is 0 Å². The second-order valence-electron chi connectivity index (χ2n) is 3.45. The number of furan rings is 1. The van der Waals surface area contributed by atoms with Crippen LogP contribution in [0.15, 0.2) is 46.6 Å². The van der Waals surface area contributed by atoms with Crippen LogP contribution in [0.25, 0.3) is 17.4 Å². The summed E-state index contributed by atoms with van der Waals surface area (Å²) < 4.78 is 5.57. The van der Waals surface area contributed by atoms with E-state index in [1.165, 1.54) is 0 Å². The lowest BCUT2D eigenvalue weighted by atomic mass is 10.2. The molecule has 2 aromatic rings. The molecule has 0 saturated heterocycles. The van der Waals surface area contributed by atoms with E-state index in [0.29, 0.717) is 11.3 Å². The smallest absolute Gasteiger partial charge is 0.145 e. The summed E-state index contributed by atoms with van der Waals surface area (Å²) in [5.41, 5.74) is 1.55. The SMILES string of the molecule is CC(C=O)=Cc1ccc(-c2cccnc2)o1. The lowest BCUT2D eigenvalue weighted by molar-refractivity contribution is -0.104. The molecule has 0 aliphatic carbocycles. The molecule has 0 saturated carbocycles. The first kappa shape index (κ1) is 10.4. The minimum Gasteiger partial charge on any atom is -0.457 e. The van der Waals surface area contributed by atoms with Crippen LogP contribution in [0.3, 0.4) is 0 Å². The van der Waals surface area contributed by atoms with E-state index >= 15 is 0 Å². The van der Waals surface area contributed by atoms with Gasteiger partial charge in [0.15, 0.2) is 0 Å². The number of allylic oxidation sites excluding steroid dienone is 1. The van der Waals surface area contributed by atoms with Crippen molar-refractivity contribution in [3.63, 3.8) is 0 Å². The number of pyridine rings is 1. The maximum atomic E-state index is 10.5. The molecule has 3 nitrogen and oxygen atoms in total. The topological polar surface area (TPSA) is 43.1 Å². The first-order valence-electron chi connectivity index (χ1n) is 4.93. The van der Waals surface area contributed by atoms with E-state index in [9.17, 15) is 4.79 Å². The Morgan fingerprint density at radius 2 is 2.25 bits per heavy atom. The molecule has 2 rings (SSSR count). The van der Waals surface area contributed by atoms with Crippen molar-refractivity contribution in [3.8, 4) is 11.3 Å². The van der Waals surface area contributed by atoms with Gasteiger partial charge in [-0.25, -0.2) is 0 Å². The van der Waals surface area contributed by atoms with E-state index in [1.54, 1.807) is 25.4 Å². The monoisotopic (exact) mass is 213 g/mol. The van der Waals surface area contributed by atoms with Crippen molar-refractivity contribution < 1.29 is 9.21 Å². The number of aromatic nitrogens is 1. The Morgan fingerprint density at radius 3 is 2.94 bits per heavy atom. The van der Waals surface area contributed by atoms with Crippen LogP contribution in [0.1, 0.15) is 12.7 Å². The number of nitrogens with zero attached hydrogens (tertiary/aromatic N) is 1. The lowest BCUT2D eigenvalue weighted by Crippen LogP contribution is -1.75. The zero-order valence-corrected chi connectivity index (χ0v) is 8.88. The van der Waals surface area contributed by atoms with Crippen LogP contribution in [-0.2, 0) is 4.79 Å². The van der Waals surface area contributed by atoms with Gasteiger partial charge in [0.25, 0.3) is 0 Å². The molecule has 16 heavy (non-hydrogen) atoms. The van der Waals surface area contributed by atoms with Gasteiger partial charge in [-0.2, -0.15) is 0 Å². The molecule has 2 aromatic heterocycles. The van der Waals surface area contributed by atoms with Crippen LogP contribution in [-0.4, -0.2) is 11.3 Å². The van der Waals surface area contributed by atoms with Crippen LogP contribution < -0.4 is 0 Å². The van der Waals surface area contributed by atoms with E-state index in [2.05, 4.69) is 4.98 Å². The molecule has 0 atom stereocenters. The van der Waals surface area contributed by atoms with Crippen molar-refractivity contribution in [2.75, 3.05) is 0 Å². The molecule has 3 heteroatoms. The first-order chi connectivity index (χ1) is 7.79. The summed E-state index contributed by atoms with van der Waals surface area (Å²) in [6, 6.07) is 7.46. The number of hydrogen-bond donors (Lipinski definition) is 0. The molecule has 0 aromatic carbocycles. The van der Waals surface area contributed by atoms with Crippen LogP contribution >= 0.6 is 0 Å². The summed E-state index contributed by atoms with van der Waals surface area (Å²) in [6.07, 6.45) is 5.95. The Balaban J connectivity index is 2.30. The predicted octanol–water partition coefficient (Wildman–Crippen LogP) is 2.94. The van der Waals surface area contributed by atoms with E-state index < -0.39 is 0 Å². The summed E-state index contributed by atoms with van der Waals surface area (Å²) in [5, 5.41) is 0. The number of carbonyl (C=O) groups is 1. The van der Waals surface area contributed by atoms with E-state index in [-0.39, 0.29) is 0 Å². The van der Waals surface area contributed by atoms with Crippen LogP contribution in [0.5, 0.6) is 0 Å². The maximum Gasteiger partial charge on any atom is 0.145 e. The highest BCUT2D eigenvalue weighted by Crippen LogP contribution is 2.22. The van der Waals surface area contributed by atoms with Gasteiger partial charge in [-0.05, 0) is 42.8 Å². The molecule has 0 spiro atoms. The van der Waals surface area contributed by atoms with Crippen molar-refractivity contribution >= 4 is 12.4 Å². The second-order valence-corrected chi connectivity index (χ2v) is 3.45. The van der Waals surface area contributed by atoms with Gasteiger partial charge in [-0.1, -0.05) is 0 Å². The first-order valence-corrected chi connectivity index (χ1v) is 4.93. The summed E-state index contributed by atoms with van der Waals surface area (Å²) in [4.78, 5) is 14.5. The predicted molar refractivity (Wildman–Crippen MR) is 61.7 cm³/mol. The Morgan fingerprint density at radius 1 is 1.38 bits per heavy atom. The fourth-order valence-electron chi connectivity index (χ4n) is 1.35. The zero-order chi connectivity index (χ0) is 11.4. The van der Waals surface area contributed by atoms with Crippen molar-refractivity contribution in [2.24, 2.45) is 0 Å². The minimum atomic E-state index is 0.632. The highest BCUT2D eigenvalue weighted by Gasteiger charge is 2.02. The highest BCUT2D eigenvalue weighted by molar-refractivity contribution is 5.80. The Hall–Kier alpha value is -2.16. The maximum absolute atomic E-state index is 10.5. The molecule has 0 unspecified atom stereocenters. The summed E-state index contributed by atoms with van der Waals surface area (Å²) in [6.45, 7) is 1.74. The van der Waals surface area contributed by atoms with E-state index in [0.717, 1.165) is 17.6 Å². The third-order valence-electron chi connectivity index (χ3n) is 2.13. The van der Waals surface area contributed by atoms with Crippen molar-refractivity contribution in [3.05, 3.63) is 48.0 Å². The van der Waals surface area contributed by atoms with Gasteiger partial charge in [0, 0.05) is 18.0 Å². The molecule has 0 amide bonds. The number of hydrogen-bond acceptors (Lipinski definition) is 3. The normalized spacial score (nSPS) is 11.4. The minimum absolute atomic E-state index is 0.632. The van der Waals surface area contributed by atoms with Gasteiger partial charge in [0.2, 0.25) is 0 Å². The molecule has 0 N–H and O–H groups in total. The Kier molecular flexibility index (Phi) is 2.96. The van der Waals surface area contributed by atoms with Gasteiger partial charge in [-0.15, -0.1) is 0 Å². The quantitative estimate of drug-likeness (QED) is 0.581. The fourth-order valence-corrected chi connectivity index (χ4v) is 1.35. The van der Waals surface area contributed by atoms with Crippen LogP contribution in [0, 0.1) is 0 Å². The number of carbonyl (C=O) groups excluding carboxylic acids is 1. The van der Waals surface area contributed by atoms with Gasteiger partial charge in [0.05, 0.1) is 0 Å². The molecule has 2 heterocycles. The Bertz CT molecular complexity index is 512. The molecule has 80 valence electrons. The molecule has 0 radical (unpaired) electrons. The summed E-state index contributed by atoms with van der Waals surface area (Å²) >= 11 is 0. The number of rotatable bonds is 3. The molecular weight excluding hydrogens is 202 g/mol. The Labute approximate surface area is 93.4 Å². The molecule has 0 aliphatic heterocycles. The van der Waals surface area contributed by atoms with Gasteiger partial charge in [-0.3, -0.25) is 9.78 Å². The lowest BCUT2D eigenvalue weighted by Gasteiger charge is -1.94. The third kappa shape index (κ3) is 2.25. The standard InChI is InChI=1S/C13H11NO2/c1-10(9-15)7-12-4-5-13(16-12)11-3-2-6-14-8-11/h2-9H,1H3. The van der Waals surface area contributed by atoms with Gasteiger partial charge in [0.1, 0.15) is 17.8 Å². The zero-order valence-electron chi connectivity index (χ0n) is 8.88. The average Bonchev–Trinajstić information content (AvgIpc) is 2.78.